The normalized spacial score (nSPS) is 21.7. The van der Waals surface area contributed by atoms with E-state index < -0.39 is 5.97 Å². The van der Waals surface area contributed by atoms with Gasteiger partial charge in [-0.15, -0.1) is 0 Å². The summed E-state index contributed by atoms with van der Waals surface area (Å²) in [4.78, 5) is 13.3. The van der Waals surface area contributed by atoms with Crippen molar-refractivity contribution in [3.63, 3.8) is 0 Å². The fraction of sp³-hybridized carbons (Fsp3) is 0.500. The lowest BCUT2D eigenvalue weighted by atomic mass is 9.96. The van der Waals surface area contributed by atoms with Crippen molar-refractivity contribution in [1.29, 1.82) is 0 Å². The van der Waals surface area contributed by atoms with Gasteiger partial charge in [-0.3, -0.25) is 4.79 Å². The molecule has 3 heterocycles. The first kappa shape index (κ1) is 17.1. The molecular formula is C20H25N3O3. The van der Waals surface area contributed by atoms with E-state index in [9.17, 15) is 4.79 Å². The van der Waals surface area contributed by atoms with Gasteiger partial charge in [-0.25, -0.2) is 4.68 Å². The van der Waals surface area contributed by atoms with Crippen molar-refractivity contribution < 1.29 is 14.6 Å². The minimum absolute atomic E-state index is 0.0623. The highest BCUT2D eigenvalue weighted by atomic mass is 16.5. The number of benzene rings is 1. The van der Waals surface area contributed by atoms with Gasteiger partial charge >= 0.3 is 5.97 Å². The Balaban J connectivity index is 1.42. The maximum atomic E-state index is 11.1. The Labute approximate surface area is 153 Å². The molecule has 2 aromatic rings. The lowest BCUT2D eigenvalue weighted by molar-refractivity contribution is -0.142. The van der Waals surface area contributed by atoms with E-state index in [2.05, 4.69) is 40.5 Å². The highest BCUT2D eigenvalue weighted by molar-refractivity contribution is 5.70. The van der Waals surface area contributed by atoms with Gasteiger partial charge in [-0.2, -0.15) is 5.10 Å². The van der Waals surface area contributed by atoms with Crippen LogP contribution < -0.4 is 4.90 Å². The van der Waals surface area contributed by atoms with E-state index in [1.54, 1.807) is 0 Å². The Morgan fingerprint density at radius 1 is 1.08 bits per heavy atom. The Bertz CT molecular complexity index is 742. The summed E-state index contributed by atoms with van der Waals surface area (Å²) in [6.45, 7) is 2.41. The van der Waals surface area contributed by atoms with E-state index >= 15 is 0 Å². The molecule has 0 radical (unpaired) electrons. The van der Waals surface area contributed by atoms with Crippen LogP contribution in [0, 0.1) is 5.92 Å². The molecule has 0 aliphatic carbocycles. The van der Waals surface area contributed by atoms with E-state index in [0.29, 0.717) is 12.8 Å². The van der Waals surface area contributed by atoms with Gasteiger partial charge in [-0.05, 0) is 49.8 Å². The summed E-state index contributed by atoms with van der Waals surface area (Å²) in [6.07, 6.45) is 8.78. The van der Waals surface area contributed by atoms with Gasteiger partial charge in [0.1, 0.15) is 6.23 Å². The Hall–Kier alpha value is -2.34. The average molecular weight is 355 g/mol. The number of piperidine rings is 1. The van der Waals surface area contributed by atoms with Crippen molar-refractivity contribution in [2.45, 2.75) is 38.3 Å². The fourth-order valence-electron chi connectivity index (χ4n) is 3.83. The molecule has 0 amide bonds. The van der Waals surface area contributed by atoms with Crippen LogP contribution in [0.25, 0.3) is 11.1 Å². The quantitative estimate of drug-likeness (QED) is 0.908. The van der Waals surface area contributed by atoms with Crippen LogP contribution in [0.5, 0.6) is 0 Å². The van der Waals surface area contributed by atoms with E-state index in [-0.39, 0.29) is 12.1 Å². The van der Waals surface area contributed by atoms with Crippen molar-refractivity contribution in [3.05, 3.63) is 36.7 Å². The number of carbonyl (C=O) groups is 1. The third-order valence-electron chi connectivity index (χ3n) is 5.46. The molecule has 1 aromatic heterocycles. The molecule has 138 valence electrons. The largest absolute Gasteiger partial charge is 0.481 e. The lowest BCUT2D eigenvalue weighted by Gasteiger charge is -2.32. The molecule has 26 heavy (non-hydrogen) atoms. The number of rotatable bonds is 4. The van der Waals surface area contributed by atoms with Crippen molar-refractivity contribution in [2.75, 3.05) is 24.6 Å². The molecule has 0 saturated carbocycles. The first-order valence-electron chi connectivity index (χ1n) is 9.44. The van der Waals surface area contributed by atoms with Crippen LogP contribution >= 0.6 is 0 Å². The SMILES string of the molecule is O=C(O)C1CCN(c2ccc(-c3cnn(C4CCCCO4)c3)cc2)CC1. The molecule has 2 fully saturated rings. The van der Waals surface area contributed by atoms with Gasteiger partial charge < -0.3 is 14.7 Å². The molecule has 1 aromatic carbocycles. The van der Waals surface area contributed by atoms with E-state index in [0.717, 1.165) is 49.4 Å². The molecule has 1 unspecified atom stereocenters. The fourth-order valence-corrected chi connectivity index (χ4v) is 3.83. The summed E-state index contributed by atoms with van der Waals surface area (Å²) in [5.41, 5.74) is 3.38. The van der Waals surface area contributed by atoms with Crippen LogP contribution in [-0.4, -0.2) is 40.6 Å². The van der Waals surface area contributed by atoms with Gasteiger partial charge in [0, 0.05) is 37.1 Å². The van der Waals surface area contributed by atoms with Gasteiger partial charge in [0.25, 0.3) is 0 Å². The first-order chi connectivity index (χ1) is 12.7. The van der Waals surface area contributed by atoms with E-state index in [1.807, 2.05) is 10.9 Å². The number of hydrogen-bond acceptors (Lipinski definition) is 4. The average Bonchev–Trinajstić information content (AvgIpc) is 3.19. The van der Waals surface area contributed by atoms with E-state index in [1.165, 1.54) is 6.42 Å². The third-order valence-corrected chi connectivity index (χ3v) is 5.46. The maximum Gasteiger partial charge on any atom is 0.306 e. The van der Waals surface area contributed by atoms with Crippen LogP contribution in [0.3, 0.4) is 0 Å². The molecule has 6 nitrogen and oxygen atoms in total. The lowest BCUT2D eigenvalue weighted by Crippen LogP contribution is -2.36. The number of anilines is 1. The van der Waals surface area contributed by atoms with Crippen LogP contribution in [-0.2, 0) is 9.53 Å². The summed E-state index contributed by atoms with van der Waals surface area (Å²) in [6, 6.07) is 8.46. The van der Waals surface area contributed by atoms with Crippen LogP contribution in [0.1, 0.15) is 38.3 Å². The van der Waals surface area contributed by atoms with Gasteiger partial charge in [-0.1, -0.05) is 12.1 Å². The third kappa shape index (κ3) is 3.60. The predicted molar refractivity (Wildman–Crippen MR) is 99.1 cm³/mol. The zero-order valence-electron chi connectivity index (χ0n) is 14.9. The number of carboxylic acids is 1. The van der Waals surface area contributed by atoms with Crippen molar-refractivity contribution in [1.82, 2.24) is 9.78 Å². The number of ether oxygens (including phenoxy) is 1. The molecule has 2 saturated heterocycles. The smallest absolute Gasteiger partial charge is 0.306 e. The van der Waals surface area contributed by atoms with Gasteiger partial charge in [0.2, 0.25) is 0 Å². The summed E-state index contributed by atoms with van der Waals surface area (Å²) < 4.78 is 7.72. The maximum absolute atomic E-state index is 11.1. The van der Waals surface area contributed by atoms with Crippen LogP contribution in [0.15, 0.2) is 36.7 Å². The monoisotopic (exact) mass is 355 g/mol. The molecular weight excluding hydrogens is 330 g/mol. The molecule has 6 heteroatoms. The molecule has 0 spiro atoms. The highest BCUT2D eigenvalue weighted by Crippen LogP contribution is 2.28. The molecule has 0 bridgehead atoms. The van der Waals surface area contributed by atoms with Gasteiger partial charge in [0.15, 0.2) is 0 Å². The number of hydrogen-bond donors (Lipinski definition) is 1. The second-order valence-corrected chi connectivity index (χ2v) is 7.18. The minimum Gasteiger partial charge on any atom is -0.481 e. The Morgan fingerprint density at radius 3 is 2.50 bits per heavy atom. The molecule has 1 N–H and O–H groups in total. The standard InChI is InChI=1S/C20H25N3O3/c24-20(25)16-8-10-22(11-9-16)18-6-4-15(5-7-18)17-13-21-23(14-17)19-3-1-2-12-26-19/h4-7,13-14,16,19H,1-3,8-12H2,(H,24,25). The molecule has 2 aliphatic heterocycles. The van der Waals surface area contributed by atoms with Crippen LogP contribution in [0.2, 0.25) is 0 Å². The number of carboxylic acid groups (broad SMARTS) is 1. The van der Waals surface area contributed by atoms with Crippen molar-refractivity contribution in [2.24, 2.45) is 5.92 Å². The molecule has 4 rings (SSSR count). The summed E-state index contributed by atoms with van der Waals surface area (Å²) in [5, 5.41) is 13.6. The Kier molecular flexibility index (Phi) is 4.93. The van der Waals surface area contributed by atoms with E-state index in [4.69, 9.17) is 9.84 Å². The zero-order valence-corrected chi connectivity index (χ0v) is 14.9. The summed E-state index contributed by atoms with van der Waals surface area (Å²) >= 11 is 0. The van der Waals surface area contributed by atoms with Crippen molar-refractivity contribution in [3.8, 4) is 11.1 Å². The topological polar surface area (TPSA) is 67.6 Å². The second-order valence-electron chi connectivity index (χ2n) is 7.18. The summed E-state index contributed by atoms with van der Waals surface area (Å²) in [5.74, 6) is -0.864. The molecule has 1 atom stereocenters. The molecule has 2 aliphatic rings. The highest BCUT2D eigenvalue weighted by Gasteiger charge is 2.24. The predicted octanol–water partition coefficient (Wildman–Crippen LogP) is 3.55. The number of aliphatic carboxylic acids is 1. The second kappa shape index (κ2) is 7.50. The first-order valence-corrected chi connectivity index (χ1v) is 9.44. The minimum atomic E-state index is -0.668. The number of aromatic nitrogens is 2. The van der Waals surface area contributed by atoms with Gasteiger partial charge in [0.05, 0.1) is 12.1 Å². The zero-order chi connectivity index (χ0) is 17.9. The number of nitrogens with zero attached hydrogens (tertiary/aromatic N) is 3. The summed E-state index contributed by atoms with van der Waals surface area (Å²) in [7, 11) is 0. The van der Waals surface area contributed by atoms with Crippen LogP contribution in [0.4, 0.5) is 5.69 Å². The van der Waals surface area contributed by atoms with Crippen molar-refractivity contribution >= 4 is 11.7 Å². The Morgan fingerprint density at radius 2 is 1.85 bits per heavy atom.